The molecule has 2 N–H and O–H groups in total. The van der Waals surface area contributed by atoms with Crippen molar-refractivity contribution in [3.63, 3.8) is 0 Å². The van der Waals surface area contributed by atoms with Crippen LogP contribution in [0.3, 0.4) is 0 Å². The first-order valence-corrected chi connectivity index (χ1v) is 13.0. The SMILES string of the molecule is CCCC(=O)N1CCc2cc(C[C@@H](C)NCCOc3ccccc3OCC(F)(F)F)cc(C(=O)NCC)c21. The Bertz CT molecular complexity index is 1110. The molecule has 1 heterocycles. The Kier molecular flexibility index (Phi) is 10.4. The Hall–Kier alpha value is -3.27. The minimum Gasteiger partial charge on any atom is -0.488 e. The molecule has 10 heteroatoms. The number of fused-ring (bicyclic) bond motifs is 1. The standard InChI is InChI=1S/C28H36F3N3O4/c1-4-8-25(35)34-13-11-21-16-20(17-22(26(21)34)27(36)32-5-2)15-19(3)33-12-14-37-23-9-6-7-10-24(23)38-18-28(29,30)31/h6-7,9-10,16-17,19,33H,4-5,8,11-15,18H2,1-3H3,(H,32,36)/t19-/m1/s1. The van der Waals surface area contributed by atoms with E-state index in [0.29, 0.717) is 44.5 Å². The quantitative estimate of drug-likeness (QED) is 0.365. The third-order valence-electron chi connectivity index (χ3n) is 6.10. The molecule has 0 aromatic heterocycles. The van der Waals surface area contributed by atoms with Crippen LogP contribution in [-0.4, -0.2) is 56.9 Å². The molecule has 2 amide bonds. The number of carbonyl (C=O) groups excluding carboxylic acids is 2. The van der Waals surface area contributed by atoms with Crippen LogP contribution in [0.5, 0.6) is 11.5 Å². The minimum atomic E-state index is -4.43. The van der Waals surface area contributed by atoms with Gasteiger partial charge in [-0.05, 0) is 62.4 Å². The first kappa shape index (κ1) is 29.3. The summed E-state index contributed by atoms with van der Waals surface area (Å²) in [6.45, 7) is 6.20. The maximum absolute atomic E-state index is 12.9. The van der Waals surface area contributed by atoms with Crippen molar-refractivity contribution in [1.82, 2.24) is 10.6 Å². The average molecular weight is 536 g/mol. The summed E-state index contributed by atoms with van der Waals surface area (Å²) >= 11 is 0. The zero-order chi connectivity index (χ0) is 27.7. The van der Waals surface area contributed by atoms with Crippen LogP contribution in [0.25, 0.3) is 0 Å². The number of benzene rings is 2. The summed E-state index contributed by atoms with van der Waals surface area (Å²) in [5, 5.41) is 6.21. The number of alkyl halides is 3. The number of rotatable bonds is 13. The summed E-state index contributed by atoms with van der Waals surface area (Å²) in [6.07, 6.45) is -1.89. The zero-order valence-corrected chi connectivity index (χ0v) is 22.1. The van der Waals surface area contributed by atoms with Crippen LogP contribution < -0.4 is 25.0 Å². The molecule has 38 heavy (non-hydrogen) atoms. The van der Waals surface area contributed by atoms with Gasteiger partial charge >= 0.3 is 6.18 Å². The Labute approximate surface area is 221 Å². The van der Waals surface area contributed by atoms with E-state index in [0.717, 1.165) is 23.2 Å². The third-order valence-corrected chi connectivity index (χ3v) is 6.10. The lowest BCUT2D eigenvalue weighted by atomic mass is 9.98. The van der Waals surface area contributed by atoms with Crippen LogP contribution in [0.15, 0.2) is 36.4 Å². The molecular weight excluding hydrogens is 499 g/mol. The molecule has 3 rings (SSSR count). The molecule has 0 unspecified atom stereocenters. The second kappa shape index (κ2) is 13.5. The van der Waals surface area contributed by atoms with Crippen molar-refractivity contribution in [1.29, 1.82) is 0 Å². The maximum Gasteiger partial charge on any atom is 0.422 e. The molecule has 7 nitrogen and oxygen atoms in total. The fourth-order valence-corrected chi connectivity index (χ4v) is 4.50. The number of para-hydroxylation sites is 2. The van der Waals surface area contributed by atoms with Crippen molar-refractivity contribution < 1.29 is 32.2 Å². The minimum absolute atomic E-state index is 0.0324. The molecule has 1 atom stereocenters. The van der Waals surface area contributed by atoms with E-state index >= 15 is 0 Å². The summed E-state index contributed by atoms with van der Waals surface area (Å²) in [7, 11) is 0. The van der Waals surface area contributed by atoms with Gasteiger partial charge in [-0.1, -0.05) is 25.1 Å². The number of halogens is 3. The highest BCUT2D eigenvalue weighted by molar-refractivity contribution is 6.06. The zero-order valence-electron chi connectivity index (χ0n) is 22.1. The Balaban J connectivity index is 1.61. The van der Waals surface area contributed by atoms with Gasteiger partial charge in [0, 0.05) is 32.1 Å². The summed E-state index contributed by atoms with van der Waals surface area (Å²) in [4.78, 5) is 27.3. The van der Waals surface area contributed by atoms with Crippen molar-refractivity contribution in [2.45, 2.75) is 58.7 Å². The lowest BCUT2D eigenvalue weighted by Crippen LogP contribution is -2.33. The lowest BCUT2D eigenvalue weighted by molar-refractivity contribution is -0.153. The molecule has 1 aliphatic heterocycles. The van der Waals surface area contributed by atoms with Gasteiger partial charge in [-0.2, -0.15) is 13.2 Å². The van der Waals surface area contributed by atoms with Crippen LogP contribution in [0.1, 0.15) is 55.1 Å². The molecule has 0 saturated carbocycles. The molecule has 2 aromatic carbocycles. The van der Waals surface area contributed by atoms with E-state index < -0.39 is 12.8 Å². The van der Waals surface area contributed by atoms with Gasteiger partial charge in [-0.25, -0.2) is 0 Å². The number of ether oxygens (including phenoxy) is 2. The largest absolute Gasteiger partial charge is 0.488 e. The van der Waals surface area contributed by atoms with Crippen molar-refractivity contribution in [2.75, 3.05) is 37.7 Å². The van der Waals surface area contributed by atoms with E-state index in [1.54, 1.807) is 23.1 Å². The third kappa shape index (κ3) is 8.11. The van der Waals surface area contributed by atoms with Crippen molar-refractivity contribution in [3.8, 4) is 11.5 Å². The monoisotopic (exact) mass is 535 g/mol. The molecule has 2 aromatic rings. The van der Waals surface area contributed by atoms with Gasteiger partial charge in [0.25, 0.3) is 5.91 Å². The number of hydrogen-bond donors (Lipinski definition) is 2. The van der Waals surface area contributed by atoms with Gasteiger partial charge in [0.1, 0.15) is 6.61 Å². The summed E-state index contributed by atoms with van der Waals surface area (Å²) in [6, 6.07) is 10.2. The number of nitrogens with one attached hydrogen (secondary N) is 2. The topological polar surface area (TPSA) is 79.9 Å². The van der Waals surface area contributed by atoms with E-state index in [9.17, 15) is 22.8 Å². The Morgan fingerprint density at radius 3 is 2.47 bits per heavy atom. The van der Waals surface area contributed by atoms with Crippen molar-refractivity contribution >= 4 is 17.5 Å². The number of hydrogen-bond acceptors (Lipinski definition) is 5. The normalized spacial score (nSPS) is 13.7. The predicted octanol–water partition coefficient (Wildman–Crippen LogP) is 4.67. The Morgan fingerprint density at radius 1 is 1.11 bits per heavy atom. The molecule has 0 saturated heterocycles. The highest BCUT2D eigenvalue weighted by atomic mass is 19.4. The first-order chi connectivity index (χ1) is 18.1. The predicted molar refractivity (Wildman–Crippen MR) is 140 cm³/mol. The van der Waals surface area contributed by atoms with Crippen LogP contribution in [0, 0.1) is 0 Å². The van der Waals surface area contributed by atoms with Gasteiger partial charge in [0.15, 0.2) is 18.1 Å². The van der Waals surface area contributed by atoms with Gasteiger partial charge < -0.3 is 25.0 Å². The molecule has 0 fully saturated rings. The molecule has 0 radical (unpaired) electrons. The van der Waals surface area contributed by atoms with Crippen LogP contribution in [-0.2, 0) is 17.6 Å². The second-order valence-corrected chi connectivity index (χ2v) is 9.31. The fraction of sp³-hybridized carbons (Fsp3) is 0.500. The Morgan fingerprint density at radius 2 is 1.82 bits per heavy atom. The highest BCUT2D eigenvalue weighted by Crippen LogP contribution is 2.34. The van der Waals surface area contributed by atoms with E-state index in [4.69, 9.17) is 9.47 Å². The summed E-state index contributed by atoms with van der Waals surface area (Å²) in [5.41, 5.74) is 3.23. The van der Waals surface area contributed by atoms with Crippen LogP contribution >= 0.6 is 0 Å². The van der Waals surface area contributed by atoms with Crippen molar-refractivity contribution in [2.24, 2.45) is 0 Å². The van der Waals surface area contributed by atoms with E-state index in [-0.39, 0.29) is 36.0 Å². The molecule has 1 aliphatic rings. The number of anilines is 1. The number of nitrogens with zero attached hydrogens (tertiary/aromatic N) is 1. The van der Waals surface area contributed by atoms with Crippen molar-refractivity contribution in [3.05, 3.63) is 53.1 Å². The van der Waals surface area contributed by atoms with Gasteiger partial charge in [0.05, 0.1) is 11.3 Å². The summed E-state index contributed by atoms with van der Waals surface area (Å²) < 4.78 is 48.0. The average Bonchev–Trinajstić information content (AvgIpc) is 3.29. The second-order valence-electron chi connectivity index (χ2n) is 9.31. The van der Waals surface area contributed by atoms with Gasteiger partial charge in [-0.15, -0.1) is 0 Å². The maximum atomic E-state index is 12.9. The molecule has 0 aliphatic carbocycles. The van der Waals surface area contributed by atoms with E-state index in [2.05, 4.69) is 16.7 Å². The molecule has 208 valence electrons. The van der Waals surface area contributed by atoms with E-state index in [1.807, 2.05) is 26.8 Å². The molecule has 0 bridgehead atoms. The highest BCUT2D eigenvalue weighted by Gasteiger charge is 2.30. The fourth-order valence-electron chi connectivity index (χ4n) is 4.50. The lowest BCUT2D eigenvalue weighted by Gasteiger charge is -2.21. The van der Waals surface area contributed by atoms with Gasteiger partial charge in [-0.3, -0.25) is 9.59 Å². The van der Waals surface area contributed by atoms with Crippen LogP contribution in [0.4, 0.5) is 18.9 Å². The van der Waals surface area contributed by atoms with Crippen LogP contribution in [0.2, 0.25) is 0 Å². The number of carbonyl (C=O) groups is 2. The van der Waals surface area contributed by atoms with Gasteiger partial charge in [0.2, 0.25) is 5.91 Å². The number of amides is 2. The molecular formula is C28H36F3N3O4. The summed E-state index contributed by atoms with van der Waals surface area (Å²) in [5.74, 6) is 0.131. The molecule has 0 spiro atoms. The smallest absolute Gasteiger partial charge is 0.422 e. The first-order valence-electron chi connectivity index (χ1n) is 13.0. The van der Waals surface area contributed by atoms with E-state index in [1.165, 1.54) is 6.07 Å².